The standard InChI is InChI=1S/C18H21FN6O2/c1-3-13-15-16(21-22-17(15)24(2)23-13)20-18(26)12-10-11(19)4-5-14(12)25-6-8-27-9-7-25/h4-5,10H,3,6-9H2,1-2H3,(H2,20,21,22,26). The third-order valence-electron chi connectivity index (χ3n) is 4.74. The van der Waals surface area contributed by atoms with Crippen LogP contribution in [0.15, 0.2) is 18.2 Å². The lowest BCUT2D eigenvalue weighted by atomic mass is 10.1. The van der Waals surface area contributed by atoms with Gasteiger partial charge in [-0.05, 0) is 24.6 Å². The molecule has 9 heteroatoms. The molecule has 0 saturated carbocycles. The molecule has 2 aromatic heterocycles. The lowest BCUT2D eigenvalue weighted by Crippen LogP contribution is -2.37. The predicted molar refractivity (Wildman–Crippen MR) is 99.6 cm³/mol. The number of ether oxygens (including phenoxy) is 1. The van der Waals surface area contributed by atoms with E-state index in [1.807, 2.05) is 11.8 Å². The largest absolute Gasteiger partial charge is 0.378 e. The van der Waals surface area contributed by atoms with E-state index in [0.717, 1.165) is 11.1 Å². The second-order valence-corrected chi connectivity index (χ2v) is 6.44. The summed E-state index contributed by atoms with van der Waals surface area (Å²) < 4.78 is 20.9. The maximum atomic E-state index is 13.9. The first kappa shape index (κ1) is 17.5. The molecule has 0 aliphatic carbocycles. The van der Waals surface area contributed by atoms with Crippen LogP contribution < -0.4 is 10.2 Å². The van der Waals surface area contributed by atoms with Crippen LogP contribution in [0.1, 0.15) is 23.0 Å². The molecule has 0 spiro atoms. The van der Waals surface area contributed by atoms with Gasteiger partial charge in [-0.15, -0.1) is 0 Å². The van der Waals surface area contributed by atoms with Crippen molar-refractivity contribution in [3.63, 3.8) is 0 Å². The molecule has 8 nitrogen and oxygen atoms in total. The van der Waals surface area contributed by atoms with Crippen LogP contribution in [-0.2, 0) is 18.2 Å². The van der Waals surface area contributed by atoms with Gasteiger partial charge in [-0.25, -0.2) is 9.07 Å². The second-order valence-electron chi connectivity index (χ2n) is 6.44. The highest BCUT2D eigenvalue weighted by atomic mass is 19.1. The van der Waals surface area contributed by atoms with Crippen LogP contribution in [0.4, 0.5) is 15.9 Å². The number of rotatable bonds is 4. The maximum Gasteiger partial charge on any atom is 0.259 e. The number of hydrogen-bond donors (Lipinski definition) is 2. The highest BCUT2D eigenvalue weighted by molar-refractivity contribution is 6.11. The van der Waals surface area contributed by atoms with Gasteiger partial charge < -0.3 is 15.0 Å². The van der Waals surface area contributed by atoms with Crippen LogP contribution in [0.5, 0.6) is 0 Å². The number of fused-ring (bicyclic) bond motifs is 1. The molecule has 1 aliphatic rings. The quantitative estimate of drug-likeness (QED) is 0.732. The van der Waals surface area contributed by atoms with Gasteiger partial charge in [0.15, 0.2) is 5.65 Å². The zero-order chi connectivity index (χ0) is 19.0. The van der Waals surface area contributed by atoms with Crippen molar-refractivity contribution in [1.29, 1.82) is 0 Å². The van der Waals surface area contributed by atoms with Gasteiger partial charge in [0.25, 0.3) is 5.91 Å². The van der Waals surface area contributed by atoms with E-state index in [-0.39, 0.29) is 5.56 Å². The molecule has 3 heterocycles. The summed E-state index contributed by atoms with van der Waals surface area (Å²) in [5, 5.41) is 15.1. The Hall–Kier alpha value is -2.94. The molecule has 142 valence electrons. The minimum absolute atomic E-state index is 0.279. The molecule has 1 fully saturated rings. The summed E-state index contributed by atoms with van der Waals surface area (Å²) in [7, 11) is 1.80. The molecule has 1 aromatic carbocycles. The van der Waals surface area contributed by atoms with Crippen molar-refractivity contribution in [3.05, 3.63) is 35.3 Å². The van der Waals surface area contributed by atoms with Gasteiger partial charge in [0.2, 0.25) is 0 Å². The molecule has 2 N–H and O–H groups in total. The van der Waals surface area contributed by atoms with E-state index >= 15 is 0 Å². The fourth-order valence-corrected chi connectivity index (χ4v) is 3.41. The van der Waals surface area contributed by atoms with Crippen molar-refractivity contribution >= 4 is 28.4 Å². The molecular weight excluding hydrogens is 351 g/mol. The molecule has 27 heavy (non-hydrogen) atoms. The Balaban J connectivity index is 1.68. The van der Waals surface area contributed by atoms with Gasteiger partial charge in [-0.2, -0.15) is 10.2 Å². The fourth-order valence-electron chi connectivity index (χ4n) is 3.41. The van der Waals surface area contributed by atoms with E-state index in [0.29, 0.717) is 49.9 Å². The van der Waals surface area contributed by atoms with Crippen molar-refractivity contribution in [3.8, 4) is 0 Å². The first-order chi connectivity index (χ1) is 13.1. The average molecular weight is 372 g/mol. The van der Waals surface area contributed by atoms with E-state index in [1.165, 1.54) is 12.1 Å². The lowest BCUT2D eigenvalue weighted by Gasteiger charge is -2.30. The second kappa shape index (κ2) is 6.99. The summed E-state index contributed by atoms with van der Waals surface area (Å²) in [6.45, 7) is 4.46. The molecule has 0 radical (unpaired) electrons. The summed E-state index contributed by atoms with van der Waals surface area (Å²) in [4.78, 5) is 15.0. The summed E-state index contributed by atoms with van der Waals surface area (Å²) in [6.07, 6.45) is 0.707. The number of aromatic nitrogens is 4. The monoisotopic (exact) mass is 372 g/mol. The third-order valence-corrected chi connectivity index (χ3v) is 4.74. The number of anilines is 2. The normalized spacial score (nSPS) is 14.7. The van der Waals surface area contributed by atoms with Gasteiger partial charge in [-0.3, -0.25) is 9.89 Å². The number of aromatic amines is 1. The number of morpholine rings is 1. The average Bonchev–Trinajstić information content (AvgIpc) is 3.23. The van der Waals surface area contributed by atoms with Crippen LogP contribution in [0.25, 0.3) is 11.0 Å². The van der Waals surface area contributed by atoms with Gasteiger partial charge in [0.05, 0.1) is 29.9 Å². The van der Waals surface area contributed by atoms with Crippen LogP contribution in [0, 0.1) is 5.82 Å². The number of carbonyl (C=O) groups is 1. The highest BCUT2D eigenvalue weighted by Crippen LogP contribution is 2.27. The third kappa shape index (κ3) is 3.14. The molecule has 4 rings (SSSR count). The Morgan fingerprint density at radius 3 is 2.89 bits per heavy atom. The number of aryl methyl sites for hydroxylation is 2. The molecule has 3 aromatic rings. The summed E-state index contributed by atoms with van der Waals surface area (Å²) >= 11 is 0. The number of carbonyl (C=O) groups excluding carboxylic acids is 1. The van der Waals surface area contributed by atoms with Crippen LogP contribution in [0.3, 0.4) is 0 Å². The van der Waals surface area contributed by atoms with Crippen LogP contribution in [-0.4, -0.2) is 52.2 Å². The van der Waals surface area contributed by atoms with Crippen molar-refractivity contribution in [1.82, 2.24) is 20.0 Å². The van der Waals surface area contributed by atoms with E-state index in [4.69, 9.17) is 4.74 Å². The number of halogens is 1. The van der Waals surface area contributed by atoms with E-state index in [2.05, 4.69) is 20.6 Å². The zero-order valence-electron chi connectivity index (χ0n) is 15.3. The van der Waals surface area contributed by atoms with Gasteiger partial charge in [0, 0.05) is 25.8 Å². The van der Waals surface area contributed by atoms with E-state index in [1.54, 1.807) is 17.8 Å². The zero-order valence-corrected chi connectivity index (χ0v) is 15.3. The Kier molecular flexibility index (Phi) is 4.53. The van der Waals surface area contributed by atoms with Gasteiger partial charge >= 0.3 is 0 Å². The molecular formula is C18H21FN6O2. The van der Waals surface area contributed by atoms with Crippen LogP contribution >= 0.6 is 0 Å². The predicted octanol–water partition coefficient (Wildman–Crippen LogP) is 2.09. The van der Waals surface area contributed by atoms with Crippen molar-refractivity contribution in [2.24, 2.45) is 7.05 Å². The Labute approximate surface area is 155 Å². The summed E-state index contributed by atoms with van der Waals surface area (Å²) in [6, 6.07) is 4.27. The lowest BCUT2D eigenvalue weighted by molar-refractivity contribution is 0.102. The molecule has 1 aliphatic heterocycles. The summed E-state index contributed by atoms with van der Waals surface area (Å²) in [5.74, 6) is -0.382. The van der Waals surface area contributed by atoms with Crippen LogP contribution in [0.2, 0.25) is 0 Å². The molecule has 1 amide bonds. The van der Waals surface area contributed by atoms with Crippen molar-refractivity contribution in [2.45, 2.75) is 13.3 Å². The number of hydrogen-bond acceptors (Lipinski definition) is 5. The number of nitrogens with one attached hydrogen (secondary N) is 2. The van der Waals surface area contributed by atoms with Gasteiger partial charge in [0.1, 0.15) is 11.6 Å². The molecule has 0 unspecified atom stereocenters. The smallest absolute Gasteiger partial charge is 0.259 e. The minimum Gasteiger partial charge on any atom is -0.378 e. The number of benzene rings is 1. The Bertz CT molecular complexity index is 989. The molecule has 0 bridgehead atoms. The Morgan fingerprint density at radius 1 is 1.37 bits per heavy atom. The summed E-state index contributed by atoms with van der Waals surface area (Å²) in [5.41, 5.74) is 2.47. The Morgan fingerprint density at radius 2 is 2.15 bits per heavy atom. The van der Waals surface area contributed by atoms with E-state index < -0.39 is 11.7 Å². The minimum atomic E-state index is -0.456. The van der Waals surface area contributed by atoms with Crippen molar-refractivity contribution in [2.75, 3.05) is 36.5 Å². The number of H-pyrrole nitrogens is 1. The molecule has 1 saturated heterocycles. The topological polar surface area (TPSA) is 88.1 Å². The van der Waals surface area contributed by atoms with E-state index in [9.17, 15) is 9.18 Å². The first-order valence-corrected chi connectivity index (χ1v) is 8.92. The first-order valence-electron chi connectivity index (χ1n) is 8.92. The fraction of sp³-hybridized carbons (Fsp3) is 0.389. The van der Waals surface area contributed by atoms with Crippen molar-refractivity contribution < 1.29 is 13.9 Å². The maximum absolute atomic E-state index is 13.9. The highest BCUT2D eigenvalue weighted by Gasteiger charge is 2.22. The number of amides is 1. The SMILES string of the molecule is CCc1nn(C)c2n[nH]c(NC(=O)c3cc(F)ccc3N3CCOCC3)c12. The molecule has 0 atom stereocenters. The van der Waals surface area contributed by atoms with Gasteiger partial charge in [-0.1, -0.05) is 6.92 Å². The number of nitrogens with zero attached hydrogens (tertiary/aromatic N) is 4.